The highest BCUT2D eigenvalue weighted by Gasteiger charge is 2.23. The molecule has 2 aromatic rings. The Morgan fingerprint density at radius 3 is 2.81 bits per heavy atom. The lowest BCUT2D eigenvalue weighted by Gasteiger charge is -2.28. The Kier molecular flexibility index (Phi) is 1.93. The summed E-state index contributed by atoms with van der Waals surface area (Å²) in [4.78, 5) is 8.84. The molecule has 0 aliphatic heterocycles. The van der Waals surface area contributed by atoms with Crippen LogP contribution in [-0.4, -0.2) is 14.5 Å². The van der Waals surface area contributed by atoms with Gasteiger partial charge < -0.3 is 4.57 Å². The highest BCUT2D eigenvalue weighted by atomic mass is 15.2. The number of rotatable bonds is 1. The van der Waals surface area contributed by atoms with Gasteiger partial charge in [-0.2, -0.15) is 5.26 Å². The molecular formula is C12H12N4. The van der Waals surface area contributed by atoms with Gasteiger partial charge in [-0.3, -0.25) is 0 Å². The van der Waals surface area contributed by atoms with E-state index < -0.39 is 0 Å². The summed E-state index contributed by atoms with van der Waals surface area (Å²) in [6.45, 7) is 2.01. The number of hydrogen-bond donors (Lipinski definition) is 0. The Labute approximate surface area is 93.5 Å². The normalized spacial score (nSPS) is 16.0. The Morgan fingerprint density at radius 2 is 2.19 bits per heavy atom. The zero-order chi connectivity index (χ0) is 11.1. The zero-order valence-electron chi connectivity index (χ0n) is 9.14. The molecule has 0 amide bonds. The summed E-state index contributed by atoms with van der Waals surface area (Å²) >= 11 is 0. The molecule has 2 aromatic heterocycles. The second-order valence-corrected chi connectivity index (χ2v) is 4.26. The van der Waals surface area contributed by atoms with Crippen molar-refractivity contribution in [1.82, 2.24) is 14.5 Å². The number of fused-ring (bicyclic) bond motifs is 1. The van der Waals surface area contributed by atoms with E-state index in [0.29, 0.717) is 11.7 Å². The van der Waals surface area contributed by atoms with Crippen LogP contribution in [0.4, 0.5) is 0 Å². The van der Waals surface area contributed by atoms with Gasteiger partial charge in [-0.05, 0) is 38.3 Å². The highest BCUT2D eigenvalue weighted by molar-refractivity contribution is 5.72. The number of pyridine rings is 1. The van der Waals surface area contributed by atoms with Crippen LogP contribution in [-0.2, 0) is 0 Å². The Bertz CT molecular complexity index is 587. The molecule has 1 aliphatic rings. The molecule has 1 fully saturated rings. The fourth-order valence-electron chi connectivity index (χ4n) is 2.23. The lowest BCUT2D eigenvalue weighted by molar-refractivity contribution is 0.314. The van der Waals surface area contributed by atoms with Gasteiger partial charge in [-0.1, -0.05) is 0 Å². The summed E-state index contributed by atoms with van der Waals surface area (Å²) in [6, 6.07) is 6.21. The van der Waals surface area contributed by atoms with Gasteiger partial charge in [0.25, 0.3) is 0 Å². The van der Waals surface area contributed by atoms with E-state index in [1.807, 2.05) is 13.0 Å². The molecule has 0 saturated heterocycles. The molecule has 1 saturated carbocycles. The predicted octanol–water partition coefficient (Wildman–Crippen LogP) is 2.34. The average Bonchev–Trinajstić information content (AvgIpc) is 2.53. The SMILES string of the molecule is Cc1nc2ccc(C#N)nc2n1C1CCC1. The summed E-state index contributed by atoms with van der Waals surface area (Å²) in [6.07, 6.45) is 3.68. The minimum absolute atomic E-state index is 0.466. The van der Waals surface area contributed by atoms with Crippen molar-refractivity contribution >= 4 is 11.2 Å². The third-order valence-electron chi connectivity index (χ3n) is 3.27. The van der Waals surface area contributed by atoms with Crippen molar-refractivity contribution in [2.45, 2.75) is 32.2 Å². The minimum Gasteiger partial charge on any atom is -0.310 e. The van der Waals surface area contributed by atoms with Crippen molar-refractivity contribution in [3.63, 3.8) is 0 Å². The van der Waals surface area contributed by atoms with Gasteiger partial charge in [0.15, 0.2) is 5.65 Å². The number of nitriles is 1. The lowest BCUT2D eigenvalue weighted by Crippen LogP contribution is -2.18. The Morgan fingerprint density at radius 1 is 1.38 bits per heavy atom. The van der Waals surface area contributed by atoms with Gasteiger partial charge >= 0.3 is 0 Å². The maximum atomic E-state index is 8.86. The molecule has 0 atom stereocenters. The maximum Gasteiger partial charge on any atom is 0.161 e. The monoisotopic (exact) mass is 212 g/mol. The molecule has 0 aromatic carbocycles. The van der Waals surface area contributed by atoms with Crippen molar-refractivity contribution in [3.05, 3.63) is 23.7 Å². The first-order valence-corrected chi connectivity index (χ1v) is 5.55. The van der Waals surface area contributed by atoms with E-state index in [1.165, 1.54) is 19.3 Å². The van der Waals surface area contributed by atoms with Crippen LogP contribution in [0.5, 0.6) is 0 Å². The van der Waals surface area contributed by atoms with Crippen LogP contribution in [0.15, 0.2) is 12.1 Å². The third-order valence-corrected chi connectivity index (χ3v) is 3.27. The molecule has 4 heteroatoms. The topological polar surface area (TPSA) is 54.5 Å². The van der Waals surface area contributed by atoms with Crippen molar-refractivity contribution in [2.24, 2.45) is 0 Å². The van der Waals surface area contributed by atoms with E-state index in [0.717, 1.165) is 17.0 Å². The predicted molar refractivity (Wildman–Crippen MR) is 59.9 cm³/mol. The van der Waals surface area contributed by atoms with Crippen LogP contribution in [0.2, 0.25) is 0 Å². The quantitative estimate of drug-likeness (QED) is 0.729. The summed E-state index contributed by atoms with van der Waals surface area (Å²) in [5.41, 5.74) is 2.22. The molecule has 0 unspecified atom stereocenters. The molecule has 4 nitrogen and oxygen atoms in total. The first-order chi connectivity index (χ1) is 7.79. The van der Waals surface area contributed by atoms with Gasteiger partial charge in [0.1, 0.15) is 23.1 Å². The van der Waals surface area contributed by atoms with E-state index in [2.05, 4.69) is 20.6 Å². The van der Waals surface area contributed by atoms with Gasteiger partial charge in [-0.15, -0.1) is 0 Å². The standard InChI is InChI=1S/C12H12N4/c1-8-14-11-6-5-9(7-13)15-12(11)16(8)10-3-2-4-10/h5-6,10H,2-4H2,1H3. The van der Waals surface area contributed by atoms with Crippen LogP contribution in [0.1, 0.15) is 36.8 Å². The van der Waals surface area contributed by atoms with Crippen LogP contribution in [0.3, 0.4) is 0 Å². The first kappa shape index (κ1) is 9.34. The summed E-state index contributed by atoms with van der Waals surface area (Å²) in [5, 5.41) is 8.86. The first-order valence-electron chi connectivity index (χ1n) is 5.55. The summed E-state index contributed by atoms with van der Waals surface area (Å²) in [5.74, 6) is 1.00. The lowest BCUT2D eigenvalue weighted by atomic mass is 9.93. The van der Waals surface area contributed by atoms with Crippen LogP contribution >= 0.6 is 0 Å². The molecule has 16 heavy (non-hydrogen) atoms. The van der Waals surface area contributed by atoms with Crippen molar-refractivity contribution in [2.75, 3.05) is 0 Å². The van der Waals surface area contributed by atoms with E-state index >= 15 is 0 Å². The van der Waals surface area contributed by atoms with Gasteiger partial charge in [0, 0.05) is 6.04 Å². The van der Waals surface area contributed by atoms with Crippen LogP contribution in [0, 0.1) is 18.3 Å². The van der Waals surface area contributed by atoms with Crippen molar-refractivity contribution in [3.8, 4) is 6.07 Å². The summed E-state index contributed by atoms with van der Waals surface area (Å²) < 4.78 is 2.18. The largest absolute Gasteiger partial charge is 0.310 e. The molecule has 80 valence electrons. The number of imidazole rings is 1. The number of aromatic nitrogens is 3. The van der Waals surface area contributed by atoms with Crippen LogP contribution in [0.25, 0.3) is 11.2 Å². The van der Waals surface area contributed by atoms with Gasteiger partial charge in [0.2, 0.25) is 0 Å². The van der Waals surface area contributed by atoms with Crippen LogP contribution < -0.4 is 0 Å². The fraction of sp³-hybridized carbons (Fsp3) is 0.417. The Hall–Kier alpha value is -1.89. The number of hydrogen-bond acceptors (Lipinski definition) is 3. The third kappa shape index (κ3) is 1.21. The van der Waals surface area contributed by atoms with Gasteiger partial charge in [-0.25, -0.2) is 9.97 Å². The van der Waals surface area contributed by atoms with Gasteiger partial charge in [0.05, 0.1) is 0 Å². The fourth-order valence-corrected chi connectivity index (χ4v) is 2.23. The molecule has 3 rings (SSSR count). The molecule has 0 bridgehead atoms. The molecular weight excluding hydrogens is 200 g/mol. The second kappa shape index (κ2) is 3.31. The zero-order valence-corrected chi connectivity index (χ0v) is 9.14. The molecule has 2 heterocycles. The number of aryl methyl sites for hydroxylation is 1. The van der Waals surface area contributed by atoms with E-state index in [1.54, 1.807) is 6.07 Å². The molecule has 0 N–H and O–H groups in total. The van der Waals surface area contributed by atoms with E-state index in [4.69, 9.17) is 5.26 Å². The van der Waals surface area contributed by atoms with Crippen molar-refractivity contribution < 1.29 is 0 Å². The minimum atomic E-state index is 0.466. The molecule has 0 spiro atoms. The average molecular weight is 212 g/mol. The smallest absolute Gasteiger partial charge is 0.161 e. The Balaban J connectivity index is 2.24. The highest BCUT2D eigenvalue weighted by Crippen LogP contribution is 2.34. The number of nitrogens with zero attached hydrogens (tertiary/aromatic N) is 4. The van der Waals surface area contributed by atoms with E-state index in [-0.39, 0.29) is 0 Å². The molecule has 1 aliphatic carbocycles. The summed E-state index contributed by atoms with van der Waals surface area (Å²) in [7, 11) is 0. The second-order valence-electron chi connectivity index (χ2n) is 4.26. The van der Waals surface area contributed by atoms with Crippen molar-refractivity contribution in [1.29, 1.82) is 5.26 Å². The van der Waals surface area contributed by atoms with E-state index in [9.17, 15) is 0 Å². The molecule has 0 radical (unpaired) electrons. The maximum absolute atomic E-state index is 8.86.